The molecule has 2 aliphatic carbocycles. The van der Waals surface area contributed by atoms with E-state index in [9.17, 15) is 5.26 Å². The van der Waals surface area contributed by atoms with Crippen molar-refractivity contribution in [3.8, 4) is 6.07 Å². The van der Waals surface area contributed by atoms with Crippen molar-refractivity contribution in [1.82, 2.24) is 5.32 Å². The Morgan fingerprint density at radius 3 is 2.43 bits per heavy atom. The number of hydrogen-bond donors (Lipinski definition) is 1. The van der Waals surface area contributed by atoms with Gasteiger partial charge in [-0.2, -0.15) is 5.26 Å². The maximum absolute atomic E-state index is 9.21. The van der Waals surface area contributed by atoms with Gasteiger partial charge in [-0.25, -0.2) is 0 Å². The molecule has 2 saturated carbocycles. The first kappa shape index (κ1) is 9.98. The molecule has 0 spiro atoms. The second kappa shape index (κ2) is 3.90. The summed E-state index contributed by atoms with van der Waals surface area (Å²) in [7, 11) is 0. The highest BCUT2D eigenvalue weighted by molar-refractivity contribution is 5.07. The van der Waals surface area contributed by atoms with E-state index in [4.69, 9.17) is 0 Å². The molecule has 78 valence electrons. The molecule has 0 aromatic carbocycles. The molecule has 0 radical (unpaired) electrons. The van der Waals surface area contributed by atoms with E-state index in [-0.39, 0.29) is 5.54 Å². The summed E-state index contributed by atoms with van der Waals surface area (Å²) in [6.07, 6.45) is 8.93. The highest BCUT2D eigenvalue weighted by Gasteiger charge is 2.35. The lowest BCUT2D eigenvalue weighted by Gasteiger charge is -2.27. The number of rotatable bonds is 4. The second-order valence-electron chi connectivity index (χ2n) is 5.22. The summed E-state index contributed by atoms with van der Waals surface area (Å²) < 4.78 is 0. The Hall–Kier alpha value is -0.550. The molecule has 0 heterocycles. The summed E-state index contributed by atoms with van der Waals surface area (Å²) in [5.41, 5.74) is -0.254. The van der Waals surface area contributed by atoms with Gasteiger partial charge in [0.15, 0.2) is 0 Å². The van der Waals surface area contributed by atoms with Crippen molar-refractivity contribution in [3.05, 3.63) is 0 Å². The average molecular weight is 192 g/mol. The minimum absolute atomic E-state index is 0.254. The van der Waals surface area contributed by atoms with Crippen molar-refractivity contribution in [3.63, 3.8) is 0 Å². The molecule has 2 heteroatoms. The van der Waals surface area contributed by atoms with Crippen molar-refractivity contribution < 1.29 is 0 Å². The molecule has 0 amide bonds. The third-order valence-electron chi connectivity index (χ3n) is 3.52. The van der Waals surface area contributed by atoms with Gasteiger partial charge in [-0.1, -0.05) is 25.7 Å². The molecule has 0 aromatic rings. The lowest BCUT2D eigenvalue weighted by atomic mass is 9.95. The molecular formula is C12H20N2. The summed E-state index contributed by atoms with van der Waals surface area (Å²) >= 11 is 0. The fourth-order valence-corrected chi connectivity index (χ4v) is 2.56. The molecule has 0 aliphatic heterocycles. The van der Waals surface area contributed by atoms with Crippen LogP contribution in [0.4, 0.5) is 0 Å². The van der Waals surface area contributed by atoms with Crippen LogP contribution in [0.5, 0.6) is 0 Å². The number of nitrogens with zero attached hydrogens (tertiary/aromatic N) is 1. The van der Waals surface area contributed by atoms with Crippen LogP contribution in [0.2, 0.25) is 0 Å². The van der Waals surface area contributed by atoms with Crippen LogP contribution in [0, 0.1) is 17.2 Å². The number of hydrogen-bond acceptors (Lipinski definition) is 2. The van der Waals surface area contributed by atoms with Crippen molar-refractivity contribution in [2.75, 3.05) is 0 Å². The van der Waals surface area contributed by atoms with E-state index < -0.39 is 0 Å². The lowest BCUT2D eigenvalue weighted by Crippen LogP contribution is -2.46. The quantitative estimate of drug-likeness (QED) is 0.743. The molecule has 0 aromatic heterocycles. The third-order valence-corrected chi connectivity index (χ3v) is 3.52. The van der Waals surface area contributed by atoms with Gasteiger partial charge >= 0.3 is 0 Å². The first-order valence-corrected chi connectivity index (χ1v) is 5.91. The Balaban J connectivity index is 1.86. The van der Waals surface area contributed by atoms with E-state index in [1.54, 1.807) is 0 Å². The van der Waals surface area contributed by atoms with Crippen molar-refractivity contribution in [2.45, 2.75) is 63.5 Å². The first-order chi connectivity index (χ1) is 6.72. The average Bonchev–Trinajstić information content (AvgIpc) is 2.81. The molecule has 1 atom stereocenters. The zero-order chi connectivity index (χ0) is 10.0. The highest BCUT2D eigenvalue weighted by Crippen LogP contribution is 2.37. The maximum Gasteiger partial charge on any atom is 0.104 e. The minimum atomic E-state index is -0.254. The molecule has 1 N–H and O–H groups in total. The molecule has 0 saturated heterocycles. The first-order valence-electron chi connectivity index (χ1n) is 5.91. The van der Waals surface area contributed by atoms with E-state index in [2.05, 4.69) is 18.3 Å². The van der Waals surface area contributed by atoms with Crippen molar-refractivity contribution >= 4 is 0 Å². The second-order valence-corrected chi connectivity index (χ2v) is 5.22. The summed E-state index contributed by atoms with van der Waals surface area (Å²) in [6.45, 7) is 2.07. The van der Waals surface area contributed by atoms with E-state index in [0.717, 1.165) is 12.3 Å². The zero-order valence-corrected chi connectivity index (χ0v) is 9.05. The van der Waals surface area contributed by atoms with Crippen molar-refractivity contribution in [1.29, 1.82) is 5.26 Å². The van der Waals surface area contributed by atoms with E-state index in [1.807, 2.05) is 0 Å². The Labute approximate surface area is 86.7 Å². The Morgan fingerprint density at radius 2 is 1.93 bits per heavy atom. The summed E-state index contributed by atoms with van der Waals surface area (Å²) in [6, 6.07) is 3.08. The Kier molecular flexibility index (Phi) is 2.78. The van der Waals surface area contributed by atoms with Crippen LogP contribution in [0.1, 0.15) is 51.9 Å². The van der Waals surface area contributed by atoms with E-state index in [1.165, 1.54) is 38.5 Å². The molecule has 2 aliphatic rings. The highest BCUT2D eigenvalue weighted by atomic mass is 15.0. The fourth-order valence-electron chi connectivity index (χ4n) is 2.56. The topological polar surface area (TPSA) is 35.8 Å². The Bertz CT molecular complexity index is 233. The molecular weight excluding hydrogens is 172 g/mol. The van der Waals surface area contributed by atoms with E-state index in [0.29, 0.717) is 6.04 Å². The molecule has 0 bridgehead atoms. The number of nitrogens with one attached hydrogen (secondary N) is 1. The van der Waals surface area contributed by atoms with Crippen molar-refractivity contribution in [2.24, 2.45) is 5.92 Å². The maximum atomic E-state index is 9.21. The van der Waals surface area contributed by atoms with Gasteiger partial charge in [-0.05, 0) is 32.1 Å². The molecule has 14 heavy (non-hydrogen) atoms. The zero-order valence-electron chi connectivity index (χ0n) is 9.05. The van der Waals surface area contributed by atoms with Gasteiger partial charge in [-0.3, -0.25) is 5.32 Å². The molecule has 2 fully saturated rings. The molecule has 2 nitrogen and oxygen atoms in total. The Morgan fingerprint density at radius 1 is 1.29 bits per heavy atom. The van der Waals surface area contributed by atoms with Crippen LogP contribution in [0.3, 0.4) is 0 Å². The van der Waals surface area contributed by atoms with Crippen LogP contribution in [0.25, 0.3) is 0 Å². The minimum Gasteiger partial charge on any atom is -0.297 e. The predicted octanol–water partition coefficient (Wildman–Crippen LogP) is 2.60. The van der Waals surface area contributed by atoms with E-state index >= 15 is 0 Å². The van der Waals surface area contributed by atoms with Crippen LogP contribution in [-0.4, -0.2) is 11.6 Å². The summed E-state index contributed by atoms with van der Waals surface area (Å²) in [4.78, 5) is 0. The summed E-state index contributed by atoms with van der Waals surface area (Å²) in [5, 5.41) is 12.8. The van der Waals surface area contributed by atoms with Crippen LogP contribution < -0.4 is 5.32 Å². The monoisotopic (exact) mass is 192 g/mol. The summed E-state index contributed by atoms with van der Waals surface area (Å²) in [5.74, 6) is 0.827. The predicted molar refractivity (Wildman–Crippen MR) is 56.8 cm³/mol. The largest absolute Gasteiger partial charge is 0.297 e. The van der Waals surface area contributed by atoms with Crippen LogP contribution in [-0.2, 0) is 0 Å². The number of nitriles is 1. The van der Waals surface area contributed by atoms with Gasteiger partial charge in [0.2, 0.25) is 0 Å². The molecule has 2 rings (SSSR count). The van der Waals surface area contributed by atoms with Crippen LogP contribution >= 0.6 is 0 Å². The standard InChI is InChI=1S/C12H20N2/c1-12(9-13,8-10-6-7-10)14-11-4-2-3-5-11/h10-11,14H,2-8H2,1H3. The van der Waals surface area contributed by atoms with Gasteiger partial charge in [-0.15, -0.1) is 0 Å². The van der Waals surface area contributed by atoms with Gasteiger partial charge < -0.3 is 0 Å². The molecule has 1 unspecified atom stereocenters. The fraction of sp³-hybridized carbons (Fsp3) is 0.917. The lowest BCUT2D eigenvalue weighted by molar-refractivity contribution is 0.345. The third kappa shape index (κ3) is 2.48. The SMILES string of the molecule is CC(C#N)(CC1CC1)NC1CCCC1. The van der Waals surface area contributed by atoms with Gasteiger partial charge in [0.05, 0.1) is 6.07 Å². The van der Waals surface area contributed by atoms with Gasteiger partial charge in [0.1, 0.15) is 5.54 Å². The van der Waals surface area contributed by atoms with Crippen LogP contribution in [0.15, 0.2) is 0 Å². The normalized spacial score (nSPS) is 27.1. The smallest absolute Gasteiger partial charge is 0.104 e. The van der Waals surface area contributed by atoms with Gasteiger partial charge in [0.25, 0.3) is 0 Å². The van der Waals surface area contributed by atoms with Gasteiger partial charge in [0, 0.05) is 6.04 Å².